The first-order valence-corrected chi connectivity index (χ1v) is 31.5. The molecular weight excluding hydrogens is 1920 g/mol. The van der Waals surface area contributed by atoms with E-state index < -0.39 is 0 Å². The summed E-state index contributed by atoms with van der Waals surface area (Å²) in [6.07, 6.45) is 4.16. The Morgan fingerprint density at radius 2 is 0.621 bits per heavy atom. The molecule has 6 N–H and O–H groups in total. The van der Waals surface area contributed by atoms with Gasteiger partial charge in [0.25, 0.3) is 0 Å². The number of ether oxygens (including phenoxy) is 1. The molecule has 3 radical (unpaired) electrons. The Morgan fingerprint density at radius 3 is 1.06 bits per heavy atom. The first-order valence-electron chi connectivity index (χ1n) is 31.5. The van der Waals surface area contributed by atoms with Gasteiger partial charge in [-0.05, 0) is 175 Å². The zero-order valence-corrected chi connectivity index (χ0v) is 69.7. The third-order valence-electron chi connectivity index (χ3n) is 15.4. The number of benzene rings is 12. The standard InChI is InChI=1S/C31H22O3.2C30H18O3.3Ac/c1-32-27-10-6-5-9-23(27)13-11-21-12-15-28-25(17-21)19-31(34-28)24-14-16-29-26(18-24)20-30(33-29)22-7-3-2-4-8-22;2*31-28-9-5-4-8-25(28)15-11-23-13-18-30(33)27(20-23)17-12-24-14-19-29(32)26(21-24)16-10-22-6-2-1-3-7-22;;;/h2-20H,1H3;2*1-9,13-14,18-21,31-33H;;;/b13-11+;;;;;. The van der Waals surface area contributed by atoms with Crippen molar-refractivity contribution in [3.05, 3.63) is 363 Å². The summed E-state index contributed by atoms with van der Waals surface area (Å²) in [5.41, 5.74) is 13.1. The third-order valence-corrected chi connectivity index (χ3v) is 15.4. The molecule has 0 fully saturated rings. The van der Waals surface area contributed by atoms with Crippen LogP contribution in [0.15, 0.2) is 294 Å². The molecule has 0 aliphatic rings. The number of furan rings is 2. The Bertz CT molecular complexity index is 5550. The summed E-state index contributed by atoms with van der Waals surface area (Å²) in [5.74, 6) is 38.7. The van der Waals surface area contributed by atoms with Crippen molar-refractivity contribution in [1.29, 1.82) is 0 Å². The number of phenolic OH excluding ortho intramolecular Hbond substituents is 6. The molecule has 0 aliphatic carbocycles. The number of rotatable bonds is 5. The van der Waals surface area contributed by atoms with Crippen LogP contribution in [0.5, 0.6) is 40.2 Å². The second kappa shape index (κ2) is 38.1. The Morgan fingerprint density at radius 1 is 0.272 bits per heavy atom. The van der Waals surface area contributed by atoms with E-state index in [2.05, 4.69) is 126 Å². The number of phenols is 6. The van der Waals surface area contributed by atoms with Gasteiger partial charge < -0.3 is 44.2 Å². The topological polar surface area (TPSA) is 157 Å². The Balaban J connectivity index is 0.000000177. The average Bonchev–Trinajstić information content (AvgIpc) is 1.65. The van der Waals surface area contributed by atoms with Crippen LogP contribution in [-0.2, 0) is 0 Å². The van der Waals surface area contributed by atoms with Crippen LogP contribution in [-0.4, -0.2) is 37.7 Å². The molecule has 14 aromatic rings. The molecule has 0 spiro atoms. The van der Waals surface area contributed by atoms with Crippen LogP contribution in [0.1, 0.15) is 77.9 Å². The van der Waals surface area contributed by atoms with Crippen molar-refractivity contribution in [3.8, 4) is 134 Å². The van der Waals surface area contributed by atoms with Crippen molar-refractivity contribution in [2.45, 2.75) is 0 Å². The van der Waals surface area contributed by atoms with Gasteiger partial charge in [-0.1, -0.05) is 198 Å². The Labute approximate surface area is 705 Å². The van der Waals surface area contributed by atoms with E-state index in [1.165, 1.54) is 12.1 Å². The van der Waals surface area contributed by atoms with Gasteiger partial charge in [-0.25, -0.2) is 0 Å². The number of fused-ring (bicyclic) bond motifs is 2. The van der Waals surface area contributed by atoms with Gasteiger partial charge in [-0.15, -0.1) is 0 Å². The van der Waals surface area contributed by atoms with E-state index in [4.69, 9.17) is 13.6 Å². The molecular formula is C91H58Ac3O9. The molecule has 485 valence electrons. The SMILES string of the molecule is COc1ccccc1/C=C/c1ccc2oc(-c3ccc4oc(-c5ccccc5)cc4c3)cc2c1.Oc1ccccc1C#Cc1ccc(O)c(C#Cc2ccc(O)c(C#Cc3ccccc3)c2)c1.Oc1ccccc1C#Cc1ccc(O)c(C#Cc2ccc(O)c(C#Cc3ccccc3)c2)c1.[Ac].[Ac].[Ac]. The summed E-state index contributed by atoms with van der Waals surface area (Å²) in [4.78, 5) is 0. The van der Waals surface area contributed by atoms with Crippen molar-refractivity contribution >= 4 is 34.1 Å². The van der Waals surface area contributed by atoms with Crippen molar-refractivity contribution in [2.75, 3.05) is 7.11 Å². The molecule has 0 unspecified atom stereocenters. The first-order chi connectivity index (χ1) is 48.9. The second-order valence-electron chi connectivity index (χ2n) is 22.4. The molecule has 2 aromatic heterocycles. The Hall–Kier alpha value is -10.3. The molecule has 2 heterocycles. The van der Waals surface area contributed by atoms with E-state index in [1.807, 2.05) is 121 Å². The molecule has 14 rings (SSSR count). The maximum Gasteiger partial charge on any atom is 0.135 e. The summed E-state index contributed by atoms with van der Waals surface area (Å²) in [5, 5.41) is 62.5. The summed E-state index contributed by atoms with van der Waals surface area (Å²) >= 11 is 0. The van der Waals surface area contributed by atoms with Gasteiger partial charge in [-0.3, -0.25) is 0 Å². The maximum absolute atomic E-state index is 10.2. The van der Waals surface area contributed by atoms with E-state index in [0.717, 1.165) is 72.6 Å². The third kappa shape index (κ3) is 21.4. The molecule has 0 bridgehead atoms. The van der Waals surface area contributed by atoms with E-state index in [0.29, 0.717) is 55.6 Å². The van der Waals surface area contributed by atoms with Gasteiger partial charge >= 0.3 is 0 Å². The average molecular weight is 1980 g/mol. The fourth-order valence-electron chi connectivity index (χ4n) is 10.1. The van der Waals surface area contributed by atoms with Crippen LogP contribution in [0.4, 0.5) is 0 Å². The number of methoxy groups -OCH3 is 1. The minimum absolute atomic E-state index is 0. The van der Waals surface area contributed by atoms with E-state index in [9.17, 15) is 30.6 Å². The van der Waals surface area contributed by atoms with E-state index >= 15 is 0 Å². The largest absolute Gasteiger partial charge is 0.507 e. The number of para-hydroxylation sites is 3. The second-order valence-corrected chi connectivity index (χ2v) is 22.4. The van der Waals surface area contributed by atoms with Crippen LogP contribution >= 0.6 is 0 Å². The van der Waals surface area contributed by atoms with Crippen molar-refractivity contribution < 1.29 is 176 Å². The van der Waals surface area contributed by atoms with Gasteiger partial charge in [0.15, 0.2) is 0 Å². The van der Waals surface area contributed by atoms with Gasteiger partial charge in [0.2, 0.25) is 0 Å². The predicted molar refractivity (Wildman–Crippen MR) is 396 cm³/mol. The fourth-order valence-corrected chi connectivity index (χ4v) is 10.1. The molecule has 12 aromatic carbocycles. The van der Waals surface area contributed by atoms with Crippen LogP contribution in [0.2, 0.25) is 0 Å². The van der Waals surface area contributed by atoms with Crippen molar-refractivity contribution in [2.24, 2.45) is 0 Å². The minimum atomic E-state index is 0. The summed E-state index contributed by atoms with van der Waals surface area (Å²) in [6.45, 7) is 0. The summed E-state index contributed by atoms with van der Waals surface area (Å²) in [7, 11) is 1.69. The quantitative estimate of drug-likeness (QED) is 0.0729. The van der Waals surface area contributed by atoms with Crippen LogP contribution in [0, 0.1) is 203 Å². The van der Waals surface area contributed by atoms with Crippen LogP contribution < -0.4 is 4.74 Å². The zero-order chi connectivity index (χ0) is 69.0. The normalized spacial score (nSPS) is 9.87. The summed E-state index contributed by atoms with van der Waals surface area (Å²) in [6, 6.07) is 87.1. The molecule has 0 saturated heterocycles. The monoisotopic (exact) mass is 1980 g/mol. The smallest absolute Gasteiger partial charge is 0.135 e. The molecule has 0 saturated carbocycles. The van der Waals surface area contributed by atoms with Crippen molar-refractivity contribution in [1.82, 2.24) is 0 Å². The molecule has 12 heteroatoms. The summed E-state index contributed by atoms with van der Waals surface area (Å²) < 4.78 is 17.7. The van der Waals surface area contributed by atoms with Gasteiger partial charge in [0, 0.05) is 193 Å². The molecule has 9 nitrogen and oxygen atoms in total. The van der Waals surface area contributed by atoms with Crippen molar-refractivity contribution in [3.63, 3.8) is 0 Å². The maximum atomic E-state index is 10.2. The van der Waals surface area contributed by atoms with E-state index in [-0.39, 0.29) is 167 Å². The fraction of sp³-hybridized carbons (Fsp3) is 0.0110. The van der Waals surface area contributed by atoms with Crippen LogP contribution in [0.25, 0.3) is 56.7 Å². The minimum Gasteiger partial charge on any atom is -0.507 e. The molecule has 103 heavy (non-hydrogen) atoms. The molecule has 0 amide bonds. The first kappa shape index (κ1) is 76.9. The number of hydrogen-bond acceptors (Lipinski definition) is 9. The predicted octanol–water partition coefficient (Wildman–Crippen LogP) is 18.7. The zero-order valence-electron chi connectivity index (χ0n) is 55.4. The van der Waals surface area contributed by atoms with E-state index in [1.54, 1.807) is 116 Å². The van der Waals surface area contributed by atoms with Crippen LogP contribution in [0.3, 0.4) is 0 Å². The van der Waals surface area contributed by atoms with Gasteiger partial charge in [-0.2, -0.15) is 0 Å². The van der Waals surface area contributed by atoms with Gasteiger partial charge in [0.05, 0.1) is 40.5 Å². The number of aromatic hydroxyl groups is 6. The van der Waals surface area contributed by atoms with Gasteiger partial charge in [0.1, 0.15) is 62.9 Å². The number of hydrogen-bond donors (Lipinski definition) is 6. The molecule has 0 aliphatic heterocycles. The Kier molecular flexibility index (Phi) is 28.5. The molecule has 0 atom stereocenters.